The number of carbonyl (C=O) groups is 1. The first-order valence-corrected chi connectivity index (χ1v) is 12.8. The molecule has 2 nitrogen and oxygen atoms in total. The summed E-state index contributed by atoms with van der Waals surface area (Å²) in [5.74, 6) is -0.0831. The van der Waals surface area contributed by atoms with Crippen LogP contribution in [0.5, 0.6) is 0 Å². The lowest BCUT2D eigenvalue weighted by Crippen LogP contribution is -2.33. The highest BCUT2D eigenvalue weighted by Gasteiger charge is 2.44. The van der Waals surface area contributed by atoms with E-state index in [1.54, 1.807) is 0 Å². The molecule has 0 fully saturated rings. The van der Waals surface area contributed by atoms with Gasteiger partial charge in [0.2, 0.25) is 0 Å². The van der Waals surface area contributed by atoms with E-state index >= 15 is 0 Å². The molecule has 0 aliphatic heterocycles. The van der Waals surface area contributed by atoms with Gasteiger partial charge in [-0.2, -0.15) is 0 Å². The smallest absolute Gasteiger partial charge is 0.306 e. The topological polar surface area (TPSA) is 26.3 Å². The first-order valence-electron chi connectivity index (χ1n) is 10.9. The summed E-state index contributed by atoms with van der Waals surface area (Å²) in [4.78, 5) is 11.9. The normalized spacial score (nSPS) is 11.4. The molecule has 3 aromatic carbocycles. The number of ether oxygens (including phenoxy) is 1. The fraction of sp³-hybridized carbons (Fsp3) is 0.296. The SMILES string of the molecule is CC(C)OC(=O)CCCCC[P+](c1ccccc1)(c1ccccc1)c1ccccc1. The van der Waals surface area contributed by atoms with Crippen LogP contribution in [0.15, 0.2) is 91.0 Å². The van der Waals surface area contributed by atoms with Crippen molar-refractivity contribution in [1.82, 2.24) is 0 Å². The zero-order valence-corrected chi connectivity index (χ0v) is 18.9. The van der Waals surface area contributed by atoms with Gasteiger partial charge in [-0.05, 0) is 69.5 Å². The van der Waals surface area contributed by atoms with Gasteiger partial charge in [0.05, 0.1) is 12.3 Å². The van der Waals surface area contributed by atoms with Crippen molar-refractivity contribution in [3.63, 3.8) is 0 Å². The van der Waals surface area contributed by atoms with E-state index in [1.807, 2.05) is 13.8 Å². The summed E-state index contributed by atoms with van der Waals surface area (Å²) < 4.78 is 5.27. The van der Waals surface area contributed by atoms with Crippen molar-refractivity contribution in [1.29, 1.82) is 0 Å². The van der Waals surface area contributed by atoms with Gasteiger partial charge in [0.25, 0.3) is 0 Å². The molecule has 0 heterocycles. The van der Waals surface area contributed by atoms with E-state index in [-0.39, 0.29) is 12.1 Å². The number of unbranched alkanes of at least 4 members (excludes halogenated alkanes) is 2. The highest BCUT2D eigenvalue weighted by atomic mass is 31.2. The molecule has 0 saturated carbocycles. The van der Waals surface area contributed by atoms with E-state index in [2.05, 4.69) is 91.0 Å². The van der Waals surface area contributed by atoms with Gasteiger partial charge >= 0.3 is 5.97 Å². The van der Waals surface area contributed by atoms with Gasteiger partial charge in [0.1, 0.15) is 23.2 Å². The summed E-state index contributed by atoms with van der Waals surface area (Å²) in [6, 6.07) is 32.9. The highest BCUT2D eigenvalue weighted by Crippen LogP contribution is 2.55. The van der Waals surface area contributed by atoms with E-state index in [0.717, 1.165) is 25.4 Å². The van der Waals surface area contributed by atoms with Crippen molar-refractivity contribution in [3.8, 4) is 0 Å². The summed E-state index contributed by atoms with van der Waals surface area (Å²) in [5.41, 5.74) is 0. The van der Waals surface area contributed by atoms with Crippen molar-refractivity contribution in [2.45, 2.75) is 45.6 Å². The predicted octanol–water partition coefficient (Wildman–Crippen LogP) is 5.49. The minimum Gasteiger partial charge on any atom is -0.463 e. The number of hydrogen-bond acceptors (Lipinski definition) is 2. The lowest BCUT2D eigenvalue weighted by Gasteiger charge is -2.27. The first-order chi connectivity index (χ1) is 14.6. The lowest BCUT2D eigenvalue weighted by molar-refractivity contribution is -0.147. The molecule has 3 aromatic rings. The van der Waals surface area contributed by atoms with Crippen molar-refractivity contribution in [3.05, 3.63) is 91.0 Å². The monoisotopic (exact) mass is 419 g/mol. The second-order valence-corrected chi connectivity index (χ2v) is 11.5. The first kappa shape index (κ1) is 22.2. The van der Waals surface area contributed by atoms with Crippen LogP contribution in [-0.4, -0.2) is 18.2 Å². The van der Waals surface area contributed by atoms with Crippen LogP contribution >= 0.6 is 7.26 Å². The zero-order chi connectivity index (χ0) is 21.2. The Balaban J connectivity index is 1.85. The van der Waals surface area contributed by atoms with Gasteiger partial charge in [-0.25, -0.2) is 0 Å². The summed E-state index contributed by atoms with van der Waals surface area (Å²) in [5, 5.41) is 4.25. The predicted molar refractivity (Wildman–Crippen MR) is 130 cm³/mol. The molecule has 0 saturated heterocycles. The Morgan fingerprint density at radius 1 is 0.700 bits per heavy atom. The summed E-state index contributed by atoms with van der Waals surface area (Å²) in [7, 11) is -1.76. The average molecular weight is 420 g/mol. The van der Waals surface area contributed by atoms with Crippen LogP contribution in [-0.2, 0) is 9.53 Å². The summed E-state index contributed by atoms with van der Waals surface area (Å²) in [6.07, 6.45) is 4.56. The third-order valence-corrected chi connectivity index (χ3v) is 9.86. The Hall–Kier alpha value is -2.44. The van der Waals surface area contributed by atoms with Crippen molar-refractivity contribution in [2.75, 3.05) is 6.16 Å². The molecule has 0 aliphatic rings. The maximum atomic E-state index is 11.9. The quantitative estimate of drug-likeness (QED) is 0.247. The van der Waals surface area contributed by atoms with Gasteiger partial charge in [-0.15, -0.1) is 0 Å². The maximum absolute atomic E-state index is 11.9. The van der Waals surface area contributed by atoms with Gasteiger partial charge in [0, 0.05) is 6.42 Å². The molecule has 0 N–H and O–H groups in total. The van der Waals surface area contributed by atoms with Crippen molar-refractivity contribution < 1.29 is 9.53 Å². The molecule has 0 bridgehead atoms. The molecule has 0 amide bonds. The Kier molecular flexibility index (Phi) is 8.22. The number of carbonyl (C=O) groups excluding carboxylic acids is 1. The second-order valence-electron chi connectivity index (χ2n) is 7.89. The Labute approximate surface area is 181 Å². The van der Waals surface area contributed by atoms with Crippen molar-refractivity contribution >= 4 is 29.1 Å². The maximum Gasteiger partial charge on any atom is 0.306 e. The van der Waals surface area contributed by atoms with E-state index in [1.165, 1.54) is 15.9 Å². The molecule has 0 atom stereocenters. The second kappa shape index (κ2) is 11.1. The third-order valence-electron chi connectivity index (χ3n) is 5.33. The number of rotatable bonds is 10. The van der Waals surface area contributed by atoms with E-state index in [4.69, 9.17) is 4.74 Å². The summed E-state index contributed by atoms with van der Waals surface area (Å²) >= 11 is 0. The van der Waals surface area contributed by atoms with Gasteiger partial charge in [-0.3, -0.25) is 4.79 Å². The Morgan fingerprint density at radius 3 is 1.53 bits per heavy atom. The van der Waals surface area contributed by atoms with E-state index < -0.39 is 7.26 Å². The van der Waals surface area contributed by atoms with Gasteiger partial charge in [-0.1, -0.05) is 54.6 Å². The lowest BCUT2D eigenvalue weighted by atomic mass is 10.2. The molecule has 30 heavy (non-hydrogen) atoms. The molecule has 0 unspecified atom stereocenters. The minimum atomic E-state index is -1.76. The standard InChI is InChI=1S/C27H32O2P/c1-23(2)29-27(28)21-13-6-14-22-30(24-15-7-3-8-16-24,25-17-9-4-10-18-25)26-19-11-5-12-20-26/h3-5,7-12,15-20,23H,6,13-14,21-22H2,1-2H3/q+1. The zero-order valence-electron chi connectivity index (χ0n) is 18.0. The van der Waals surface area contributed by atoms with Crippen LogP contribution in [0, 0.1) is 0 Å². The van der Waals surface area contributed by atoms with Crippen LogP contribution in [0.2, 0.25) is 0 Å². The fourth-order valence-corrected chi connectivity index (χ4v) is 8.41. The molecule has 0 spiro atoms. The molecule has 156 valence electrons. The number of hydrogen-bond donors (Lipinski definition) is 0. The van der Waals surface area contributed by atoms with Crippen LogP contribution in [0.1, 0.15) is 39.5 Å². The van der Waals surface area contributed by atoms with Gasteiger partial charge < -0.3 is 4.74 Å². The number of benzene rings is 3. The third kappa shape index (κ3) is 5.58. The highest BCUT2D eigenvalue weighted by molar-refractivity contribution is 7.95. The number of esters is 1. The van der Waals surface area contributed by atoms with Crippen LogP contribution in [0.25, 0.3) is 0 Å². The Bertz CT molecular complexity index is 795. The molecule has 3 rings (SSSR count). The molecule has 0 radical (unpaired) electrons. The largest absolute Gasteiger partial charge is 0.463 e. The Morgan fingerprint density at radius 2 is 1.13 bits per heavy atom. The van der Waals surface area contributed by atoms with Crippen LogP contribution in [0.4, 0.5) is 0 Å². The molecule has 3 heteroatoms. The van der Waals surface area contributed by atoms with Crippen LogP contribution < -0.4 is 15.9 Å². The minimum absolute atomic E-state index is 0.0367. The van der Waals surface area contributed by atoms with Crippen molar-refractivity contribution in [2.24, 2.45) is 0 Å². The molecular weight excluding hydrogens is 387 g/mol. The molecular formula is C27H32O2P+. The molecule has 0 aromatic heterocycles. The summed E-state index contributed by atoms with van der Waals surface area (Å²) in [6.45, 7) is 3.80. The van der Waals surface area contributed by atoms with Crippen LogP contribution in [0.3, 0.4) is 0 Å². The molecule has 0 aliphatic carbocycles. The van der Waals surface area contributed by atoms with E-state index in [0.29, 0.717) is 6.42 Å². The average Bonchev–Trinajstić information content (AvgIpc) is 2.78. The van der Waals surface area contributed by atoms with E-state index in [9.17, 15) is 4.79 Å². The van der Waals surface area contributed by atoms with Gasteiger partial charge in [0.15, 0.2) is 0 Å². The fourth-order valence-electron chi connectivity index (χ4n) is 4.00.